The number of nitrogens with zero attached hydrogens (tertiary/aromatic N) is 1. The number of carbonyl (C=O) groups is 2. The molecule has 0 bridgehead atoms. The molecule has 1 aromatic carbocycles. The molecule has 0 aromatic heterocycles. The SMILES string of the molecule is CCOC(=O)C1CCN(C(=O)CNc2cccc(C)c2)CC1. The lowest BCUT2D eigenvalue weighted by molar-refractivity contribution is -0.151. The highest BCUT2D eigenvalue weighted by Gasteiger charge is 2.27. The molecule has 5 heteroatoms. The Morgan fingerprint density at radius 3 is 2.68 bits per heavy atom. The van der Waals surface area contributed by atoms with Crippen molar-refractivity contribution in [2.45, 2.75) is 26.7 Å². The van der Waals surface area contributed by atoms with Crippen LogP contribution in [-0.2, 0) is 14.3 Å². The van der Waals surface area contributed by atoms with Crippen LogP contribution in [0.3, 0.4) is 0 Å². The van der Waals surface area contributed by atoms with Gasteiger partial charge >= 0.3 is 5.97 Å². The van der Waals surface area contributed by atoms with E-state index in [2.05, 4.69) is 5.32 Å². The van der Waals surface area contributed by atoms with Gasteiger partial charge in [0.25, 0.3) is 0 Å². The van der Waals surface area contributed by atoms with Gasteiger partial charge in [0.15, 0.2) is 0 Å². The van der Waals surface area contributed by atoms with E-state index >= 15 is 0 Å². The van der Waals surface area contributed by atoms with E-state index in [4.69, 9.17) is 4.74 Å². The predicted molar refractivity (Wildman–Crippen MR) is 85.6 cm³/mol. The summed E-state index contributed by atoms with van der Waals surface area (Å²) in [4.78, 5) is 25.7. The lowest BCUT2D eigenvalue weighted by atomic mass is 9.97. The van der Waals surface area contributed by atoms with E-state index in [-0.39, 0.29) is 24.3 Å². The number of hydrogen-bond donors (Lipinski definition) is 1. The third kappa shape index (κ3) is 4.48. The second-order valence-electron chi connectivity index (χ2n) is 5.63. The zero-order chi connectivity index (χ0) is 15.9. The van der Waals surface area contributed by atoms with Crippen molar-refractivity contribution >= 4 is 17.6 Å². The molecule has 1 amide bonds. The van der Waals surface area contributed by atoms with Crippen molar-refractivity contribution < 1.29 is 14.3 Å². The van der Waals surface area contributed by atoms with E-state index in [1.54, 1.807) is 0 Å². The minimum Gasteiger partial charge on any atom is -0.466 e. The van der Waals surface area contributed by atoms with Crippen molar-refractivity contribution in [1.82, 2.24) is 4.90 Å². The molecule has 0 saturated carbocycles. The fraction of sp³-hybridized carbons (Fsp3) is 0.529. The van der Waals surface area contributed by atoms with Crippen molar-refractivity contribution in [2.24, 2.45) is 5.92 Å². The molecule has 2 rings (SSSR count). The highest BCUT2D eigenvalue weighted by atomic mass is 16.5. The number of amides is 1. The number of rotatable bonds is 5. The molecule has 1 heterocycles. The summed E-state index contributed by atoms with van der Waals surface area (Å²) in [5.41, 5.74) is 2.11. The summed E-state index contributed by atoms with van der Waals surface area (Å²) in [5.74, 6) is -0.120. The summed E-state index contributed by atoms with van der Waals surface area (Å²) < 4.78 is 5.04. The van der Waals surface area contributed by atoms with Crippen molar-refractivity contribution in [3.8, 4) is 0 Å². The summed E-state index contributed by atoms with van der Waals surface area (Å²) in [6, 6.07) is 7.95. The largest absolute Gasteiger partial charge is 0.466 e. The molecule has 1 aliphatic rings. The van der Waals surface area contributed by atoms with Gasteiger partial charge in [0.05, 0.1) is 19.1 Å². The second-order valence-corrected chi connectivity index (χ2v) is 5.63. The smallest absolute Gasteiger partial charge is 0.309 e. The van der Waals surface area contributed by atoms with Gasteiger partial charge in [-0.05, 0) is 44.4 Å². The fourth-order valence-electron chi connectivity index (χ4n) is 2.67. The zero-order valence-corrected chi connectivity index (χ0v) is 13.3. The van der Waals surface area contributed by atoms with Crippen LogP contribution in [-0.4, -0.2) is 43.0 Å². The Morgan fingerprint density at radius 1 is 1.32 bits per heavy atom. The third-order valence-electron chi connectivity index (χ3n) is 3.93. The monoisotopic (exact) mass is 304 g/mol. The van der Waals surface area contributed by atoms with E-state index in [9.17, 15) is 9.59 Å². The highest BCUT2D eigenvalue weighted by molar-refractivity contribution is 5.81. The summed E-state index contributed by atoms with van der Waals surface area (Å²) in [6.07, 6.45) is 1.38. The number of esters is 1. The molecule has 1 saturated heterocycles. The lowest BCUT2D eigenvalue weighted by Crippen LogP contribution is -2.43. The average molecular weight is 304 g/mol. The number of likely N-dealkylation sites (tertiary alicyclic amines) is 1. The van der Waals surface area contributed by atoms with Crippen LogP contribution in [0.5, 0.6) is 0 Å². The number of aryl methyl sites for hydroxylation is 1. The summed E-state index contributed by atoms with van der Waals surface area (Å²) in [7, 11) is 0. The topological polar surface area (TPSA) is 58.6 Å². The van der Waals surface area contributed by atoms with Crippen LogP contribution in [0.15, 0.2) is 24.3 Å². The molecule has 0 radical (unpaired) electrons. The predicted octanol–water partition coefficient (Wildman–Crippen LogP) is 2.21. The number of ether oxygens (including phenoxy) is 1. The van der Waals surface area contributed by atoms with Crippen LogP contribution in [0.4, 0.5) is 5.69 Å². The third-order valence-corrected chi connectivity index (χ3v) is 3.93. The number of anilines is 1. The van der Waals surface area contributed by atoms with Gasteiger partial charge in [-0.15, -0.1) is 0 Å². The first-order chi connectivity index (χ1) is 10.6. The van der Waals surface area contributed by atoms with Crippen molar-refractivity contribution in [3.05, 3.63) is 29.8 Å². The Bertz CT molecular complexity index is 522. The molecule has 0 spiro atoms. The molecule has 1 aliphatic heterocycles. The molecule has 0 unspecified atom stereocenters. The molecule has 1 aromatic rings. The number of piperidine rings is 1. The molecular weight excluding hydrogens is 280 g/mol. The quantitative estimate of drug-likeness (QED) is 0.847. The van der Waals surface area contributed by atoms with Crippen LogP contribution in [0.1, 0.15) is 25.3 Å². The van der Waals surface area contributed by atoms with Crippen LogP contribution in [0.2, 0.25) is 0 Å². The average Bonchev–Trinajstić information content (AvgIpc) is 2.53. The van der Waals surface area contributed by atoms with Gasteiger partial charge in [-0.25, -0.2) is 0 Å². The molecular formula is C17H24N2O3. The number of nitrogens with one attached hydrogen (secondary N) is 1. The number of benzene rings is 1. The van der Waals surface area contributed by atoms with Crippen molar-refractivity contribution in [2.75, 3.05) is 31.6 Å². The standard InChI is InChI=1S/C17H24N2O3/c1-3-22-17(21)14-7-9-19(10-8-14)16(20)12-18-15-6-4-5-13(2)11-15/h4-6,11,14,18H,3,7-10,12H2,1-2H3. The van der Waals surface area contributed by atoms with E-state index in [0.717, 1.165) is 11.3 Å². The van der Waals surface area contributed by atoms with Gasteiger partial charge in [0.1, 0.15) is 0 Å². The summed E-state index contributed by atoms with van der Waals surface area (Å²) in [6.45, 7) is 5.78. The summed E-state index contributed by atoms with van der Waals surface area (Å²) in [5, 5.41) is 3.15. The van der Waals surface area contributed by atoms with Gasteiger partial charge in [0, 0.05) is 18.8 Å². The Kier molecular flexibility index (Phi) is 5.81. The molecule has 0 atom stereocenters. The molecule has 22 heavy (non-hydrogen) atoms. The van der Waals surface area contributed by atoms with Gasteiger partial charge in [-0.1, -0.05) is 12.1 Å². The molecule has 120 valence electrons. The maximum absolute atomic E-state index is 12.2. The van der Waals surface area contributed by atoms with E-state index in [0.29, 0.717) is 32.5 Å². The van der Waals surface area contributed by atoms with Gasteiger partial charge in [-0.3, -0.25) is 9.59 Å². The van der Waals surface area contributed by atoms with Crippen molar-refractivity contribution in [1.29, 1.82) is 0 Å². The highest BCUT2D eigenvalue weighted by Crippen LogP contribution is 2.19. The first-order valence-corrected chi connectivity index (χ1v) is 7.85. The second kappa shape index (κ2) is 7.82. The maximum Gasteiger partial charge on any atom is 0.309 e. The fourth-order valence-corrected chi connectivity index (χ4v) is 2.67. The molecule has 5 nitrogen and oxygen atoms in total. The van der Waals surface area contributed by atoms with E-state index in [1.807, 2.05) is 43.0 Å². The number of carbonyl (C=O) groups excluding carboxylic acids is 2. The molecule has 1 fully saturated rings. The minimum atomic E-state index is -0.132. The lowest BCUT2D eigenvalue weighted by Gasteiger charge is -2.31. The van der Waals surface area contributed by atoms with Crippen LogP contribution in [0, 0.1) is 12.8 Å². The van der Waals surface area contributed by atoms with Crippen LogP contribution in [0.25, 0.3) is 0 Å². The van der Waals surface area contributed by atoms with Crippen LogP contribution < -0.4 is 5.32 Å². The van der Waals surface area contributed by atoms with Crippen LogP contribution >= 0.6 is 0 Å². The van der Waals surface area contributed by atoms with E-state index < -0.39 is 0 Å². The van der Waals surface area contributed by atoms with Crippen molar-refractivity contribution in [3.63, 3.8) is 0 Å². The first kappa shape index (κ1) is 16.3. The van der Waals surface area contributed by atoms with Gasteiger partial charge in [0.2, 0.25) is 5.91 Å². The normalized spacial score (nSPS) is 15.5. The Morgan fingerprint density at radius 2 is 2.05 bits per heavy atom. The first-order valence-electron chi connectivity index (χ1n) is 7.85. The Labute approximate surface area is 131 Å². The zero-order valence-electron chi connectivity index (χ0n) is 13.3. The van der Waals surface area contributed by atoms with Gasteiger partial charge in [-0.2, -0.15) is 0 Å². The van der Waals surface area contributed by atoms with Gasteiger partial charge < -0.3 is 15.0 Å². The molecule has 0 aliphatic carbocycles. The maximum atomic E-state index is 12.2. The van der Waals surface area contributed by atoms with E-state index in [1.165, 1.54) is 0 Å². The minimum absolute atomic E-state index is 0.0614. The number of hydrogen-bond acceptors (Lipinski definition) is 4. The Hall–Kier alpha value is -2.04. The Balaban J connectivity index is 1.76. The summed E-state index contributed by atoms with van der Waals surface area (Å²) >= 11 is 0. The molecule has 1 N–H and O–H groups in total.